The lowest BCUT2D eigenvalue weighted by atomic mass is 10.0. The van der Waals surface area contributed by atoms with Gasteiger partial charge in [-0.05, 0) is 19.0 Å². The van der Waals surface area contributed by atoms with Crippen molar-refractivity contribution in [2.45, 2.75) is 13.3 Å². The number of benzene rings is 1. The van der Waals surface area contributed by atoms with Crippen LogP contribution in [-0.2, 0) is 15.5 Å². The molecule has 2 atom stereocenters. The molecule has 0 amide bonds. The Hall–Kier alpha value is -1.11. The third-order valence-electron chi connectivity index (χ3n) is 2.71. The van der Waals surface area contributed by atoms with Crippen LogP contribution in [0.25, 0.3) is 0 Å². The molecule has 0 heterocycles. The molecule has 0 radical (unpaired) electrons. The Morgan fingerprint density at radius 1 is 1.42 bits per heavy atom. The maximum Gasteiger partial charge on any atom is 0.405 e. The highest BCUT2D eigenvalue weighted by Crippen LogP contribution is 2.43. The quantitative estimate of drug-likeness (QED) is 0.665. The van der Waals surface area contributed by atoms with Crippen LogP contribution in [0.5, 0.6) is 0 Å². The van der Waals surface area contributed by atoms with Gasteiger partial charge in [-0.2, -0.15) is 0 Å². The van der Waals surface area contributed by atoms with Crippen LogP contribution in [0.3, 0.4) is 0 Å². The van der Waals surface area contributed by atoms with Gasteiger partial charge in [0.15, 0.2) is 0 Å². The molecule has 0 aliphatic carbocycles. The van der Waals surface area contributed by atoms with Gasteiger partial charge in [0, 0.05) is 13.0 Å². The molecular formula is C14H20NO3P. The molecule has 0 fully saturated rings. The molecule has 5 heteroatoms. The van der Waals surface area contributed by atoms with Gasteiger partial charge in [0.05, 0.1) is 6.54 Å². The van der Waals surface area contributed by atoms with Crippen LogP contribution in [0.4, 0.5) is 0 Å². The van der Waals surface area contributed by atoms with Crippen molar-refractivity contribution in [3.8, 4) is 11.8 Å². The van der Waals surface area contributed by atoms with E-state index in [1.807, 2.05) is 25.1 Å². The molecule has 2 unspecified atom stereocenters. The van der Waals surface area contributed by atoms with Crippen LogP contribution in [0, 0.1) is 17.8 Å². The van der Waals surface area contributed by atoms with Crippen molar-refractivity contribution >= 4 is 7.75 Å². The summed E-state index contributed by atoms with van der Waals surface area (Å²) in [5.74, 6) is 6.19. The zero-order valence-electron chi connectivity index (χ0n) is 11.5. The Morgan fingerprint density at radius 3 is 2.63 bits per heavy atom. The van der Waals surface area contributed by atoms with Crippen LogP contribution in [0.15, 0.2) is 30.3 Å². The molecule has 0 saturated heterocycles. The fraction of sp³-hybridized carbons (Fsp3) is 0.429. The van der Waals surface area contributed by atoms with Gasteiger partial charge in [0.2, 0.25) is 0 Å². The van der Waals surface area contributed by atoms with E-state index in [4.69, 9.17) is 0 Å². The molecule has 0 bridgehead atoms. The number of hydrogen-bond acceptors (Lipinski definition) is 2. The third kappa shape index (κ3) is 5.59. The van der Waals surface area contributed by atoms with Gasteiger partial charge in [-0.15, -0.1) is 0 Å². The summed E-state index contributed by atoms with van der Waals surface area (Å²) in [5.41, 5.74) is 1.24. The minimum Gasteiger partial charge on any atom is -0.312 e. The highest BCUT2D eigenvalue weighted by Gasteiger charge is 2.22. The molecule has 0 saturated carbocycles. The average Bonchev–Trinajstić information content (AvgIpc) is 2.39. The van der Waals surface area contributed by atoms with Crippen molar-refractivity contribution in [2.75, 3.05) is 20.7 Å². The molecule has 104 valence electrons. The van der Waals surface area contributed by atoms with E-state index in [-0.39, 0.29) is 12.5 Å². The van der Waals surface area contributed by atoms with Gasteiger partial charge in [-0.1, -0.05) is 49.1 Å². The maximum atomic E-state index is 11.4. The fourth-order valence-corrected chi connectivity index (χ4v) is 2.11. The Balaban J connectivity index is 2.48. The smallest absolute Gasteiger partial charge is 0.312 e. The molecular weight excluding hydrogens is 261 g/mol. The van der Waals surface area contributed by atoms with Crippen LogP contribution < -0.4 is 0 Å². The van der Waals surface area contributed by atoms with Crippen molar-refractivity contribution < 1.29 is 14.0 Å². The van der Waals surface area contributed by atoms with E-state index >= 15 is 0 Å². The Bertz CT molecular complexity index is 492. The Labute approximate surface area is 115 Å². The molecule has 4 nitrogen and oxygen atoms in total. The van der Waals surface area contributed by atoms with Crippen molar-refractivity contribution in [3.63, 3.8) is 0 Å². The van der Waals surface area contributed by atoms with Crippen molar-refractivity contribution in [3.05, 3.63) is 35.9 Å². The first-order valence-corrected chi connectivity index (χ1v) is 7.61. The van der Waals surface area contributed by atoms with E-state index in [9.17, 15) is 9.46 Å². The summed E-state index contributed by atoms with van der Waals surface area (Å²) >= 11 is 0. The highest BCUT2D eigenvalue weighted by atomic mass is 31.2. The average molecular weight is 281 g/mol. The summed E-state index contributed by atoms with van der Waals surface area (Å²) in [6.07, 6.45) is 0.874. The van der Waals surface area contributed by atoms with Crippen LogP contribution in [0.2, 0.25) is 0 Å². The van der Waals surface area contributed by atoms with Crippen LogP contribution >= 0.6 is 7.75 Å². The highest BCUT2D eigenvalue weighted by molar-refractivity contribution is 7.50. The maximum absolute atomic E-state index is 11.4. The lowest BCUT2D eigenvalue weighted by molar-refractivity contribution is 0.260. The van der Waals surface area contributed by atoms with Gasteiger partial charge in [0.25, 0.3) is 0 Å². The van der Waals surface area contributed by atoms with E-state index < -0.39 is 7.75 Å². The monoisotopic (exact) mass is 281 g/mol. The van der Waals surface area contributed by atoms with Crippen molar-refractivity contribution in [1.29, 1.82) is 0 Å². The number of nitrogens with zero attached hydrogens (tertiary/aromatic N) is 1. The van der Waals surface area contributed by atoms with E-state index in [1.165, 1.54) is 24.4 Å². The Morgan fingerprint density at radius 2 is 2.05 bits per heavy atom. The summed E-state index contributed by atoms with van der Waals surface area (Å²) in [4.78, 5) is 9.38. The molecule has 1 N–H and O–H groups in total. The summed E-state index contributed by atoms with van der Waals surface area (Å²) in [6, 6.07) is 10.1. The molecule has 19 heavy (non-hydrogen) atoms. The van der Waals surface area contributed by atoms with Gasteiger partial charge < -0.3 is 9.42 Å². The zero-order valence-corrected chi connectivity index (χ0v) is 12.4. The zero-order chi connectivity index (χ0) is 14.3. The molecule has 0 aliphatic heterocycles. The predicted octanol–water partition coefficient (Wildman–Crippen LogP) is 2.55. The van der Waals surface area contributed by atoms with E-state index in [1.54, 1.807) is 0 Å². The molecule has 1 aromatic rings. The second-order valence-corrected chi connectivity index (χ2v) is 6.43. The topological polar surface area (TPSA) is 49.8 Å². The third-order valence-corrected chi connectivity index (χ3v) is 4.19. The lowest BCUT2D eigenvalue weighted by Gasteiger charge is -2.17. The molecule has 1 aromatic carbocycles. The number of rotatable bonds is 5. The number of hydrogen-bond donors (Lipinski definition) is 1. The van der Waals surface area contributed by atoms with Gasteiger partial charge >= 0.3 is 7.75 Å². The normalized spacial score (nSPS) is 15.4. The molecule has 1 rings (SSSR count). The first kappa shape index (κ1) is 15.9. The lowest BCUT2D eigenvalue weighted by Crippen LogP contribution is -2.16. The first-order chi connectivity index (χ1) is 8.95. The summed E-state index contributed by atoms with van der Waals surface area (Å²) in [5, 5.41) is 0. The van der Waals surface area contributed by atoms with E-state index in [0.717, 1.165) is 6.42 Å². The summed E-state index contributed by atoms with van der Waals surface area (Å²) in [6.45, 7) is 2.25. The minimum absolute atomic E-state index is 0.205. The van der Waals surface area contributed by atoms with Gasteiger partial charge in [-0.25, -0.2) is 9.24 Å². The molecule has 0 aliphatic rings. The minimum atomic E-state index is -3.66. The van der Waals surface area contributed by atoms with Gasteiger partial charge in [0.1, 0.15) is 0 Å². The van der Waals surface area contributed by atoms with Crippen molar-refractivity contribution in [1.82, 2.24) is 4.67 Å². The van der Waals surface area contributed by atoms with Gasteiger partial charge in [-0.3, -0.25) is 0 Å². The second-order valence-electron chi connectivity index (χ2n) is 4.40. The summed E-state index contributed by atoms with van der Waals surface area (Å²) in [7, 11) is -0.934. The Kier molecular flexibility index (Phi) is 6.27. The predicted molar refractivity (Wildman–Crippen MR) is 76.6 cm³/mol. The second kappa shape index (κ2) is 7.47. The fourth-order valence-electron chi connectivity index (χ4n) is 1.58. The van der Waals surface area contributed by atoms with E-state index in [2.05, 4.69) is 28.5 Å². The van der Waals surface area contributed by atoms with Crippen LogP contribution in [0.1, 0.15) is 12.5 Å². The standard InChI is InChI=1S/C14H20NO3P/c1-13(12-14-9-5-4-6-10-14)8-7-11-15(2)19(16,17)18-3/h4-6,9-10,13H,11-12H2,1-3H3,(H,16,17). The largest absolute Gasteiger partial charge is 0.405 e. The molecule has 0 aromatic heterocycles. The molecule has 0 spiro atoms. The summed E-state index contributed by atoms with van der Waals surface area (Å²) < 4.78 is 17.2. The van der Waals surface area contributed by atoms with Crippen molar-refractivity contribution in [2.24, 2.45) is 5.92 Å². The van der Waals surface area contributed by atoms with Crippen LogP contribution in [-0.4, -0.2) is 30.3 Å². The van der Waals surface area contributed by atoms with E-state index in [0.29, 0.717) is 0 Å². The first-order valence-electron chi connectivity index (χ1n) is 6.08. The SMILES string of the molecule is COP(=O)(O)N(C)CC#CC(C)Cc1ccccc1.